The predicted molar refractivity (Wildman–Crippen MR) is 136 cm³/mol. The number of amides is 1. The number of rotatable bonds is 8. The van der Waals surface area contributed by atoms with Crippen molar-refractivity contribution in [3.05, 3.63) is 84.1 Å². The molecule has 1 saturated heterocycles. The van der Waals surface area contributed by atoms with Gasteiger partial charge in [0.1, 0.15) is 4.90 Å². The second-order valence-electron chi connectivity index (χ2n) is 8.20. The quantitative estimate of drug-likeness (QED) is 0.482. The zero-order chi connectivity index (χ0) is 24.0. The highest BCUT2D eigenvalue weighted by Crippen LogP contribution is 2.22. The monoisotopic (exact) mass is 496 g/mol. The maximum Gasteiger partial charge on any atom is 0.244 e. The maximum atomic E-state index is 12.8. The number of nitrogens with zero attached hydrogens (tertiary/aromatic N) is 3. The van der Waals surface area contributed by atoms with Gasteiger partial charge < -0.3 is 10.2 Å². The van der Waals surface area contributed by atoms with Gasteiger partial charge in [0.2, 0.25) is 15.9 Å². The molecule has 34 heavy (non-hydrogen) atoms. The van der Waals surface area contributed by atoms with E-state index < -0.39 is 10.0 Å². The number of sulfonamides is 1. The number of pyridine rings is 1. The minimum Gasteiger partial charge on any atom is -0.325 e. The van der Waals surface area contributed by atoms with E-state index in [-0.39, 0.29) is 16.6 Å². The number of anilines is 1. The van der Waals surface area contributed by atoms with Crippen molar-refractivity contribution in [3.63, 3.8) is 0 Å². The molecule has 0 spiro atoms. The summed E-state index contributed by atoms with van der Waals surface area (Å²) in [6.07, 6.45) is 2.11. The molecule has 1 amide bonds. The zero-order valence-electron chi connectivity index (χ0n) is 19.1. The number of carbonyl (C=O) groups excluding carboxylic acids is 1. The van der Waals surface area contributed by atoms with Gasteiger partial charge in [-0.3, -0.25) is 4.79 Å². The highest BCUT2D eigenvalue weighted by Gasteiger charge is 2.27. The van der Waals surface area contributed by atoms with E-state index in [1.807, 2.05) is 49.5 Å². The number of nitrogens with one attached hydrogen (secondary N) is 1. The fourth-order valence-corrected chi connectivity index (χ4v) is 5.73. The van der Waals surface area contributed by atoms with E-state index in [1.165, 1.54) is 27.8 Å². The SMILES string of the molecule is CN1CCN(S(=O)(=O)c2ccc(SCC(=O)Nc3ccccc3Cc3ccccc3)nc2)CC1. The molecule has 4 rings (SSSR count). The van der Waals surface area contributed by atoms with E-state index >= 15 is 0 Å². The van der Waals surface area contributed by atoms with Gasteiger partial charge in [0.15, 0.2) is 0 Å². The number of hydrogen-bond donors (Lipinski definition) is 1. The average Bonchev–Trinajstić information content (AvgIpc) is 2.85. The Hall–Kier alpha value is -2.72. The highest BCUT2D eigenvalue weighted by molar-refractivity contribution is 7.99. The minimum absolute atomic E-state index is 0.138. The van der Waals surface area contributed by atoms with Crippen LogP contribution in [0.15, 0.2) is 82.8 Å². The Kier molecular flexibility index (Phi) is 7.99. The number of benzene rings is 2. The van der Waals surface area contributed by atoms with Crippen molar-refractivity contribution in [2.24, 2.45) is 0 Å². The molecule has 3 aromatic rings. The molecule has 1 aliphatic rings. The van der Waals surface area contributed by atoms with Crippen molar-refractivity contribution in [2.45, 2.75) is 16.3 Å². The lowest BCUT2D eigenvalue weighted by Gasteiger charge is -2.31. The van der Waals surface area contributed by atoms with Crippen LogP contribution >= 0.6 is 11.8 Å². The van der Waals surface area contributed by atoms with Crippen LogP contribution in [-0.4, -0.2) is 67.5 Å². The number of hydrogen-bond acceptors (Lipinski definition) is 6. The molecule has 2 aromatic carbocycles. The van der Waals surface area contributed by atoms with Crippen LogP contribution in [0.4, 0.5) is 5.69 Å². The molecule has 9 heteroatoms. The van der Waals surface area contributed by atoms with Crippen LogP contribution in [0.5, 0.6) is 0 Å². The normalized spacial score (nSPS) is 15.2. The van der Waals surface area contributed by atoms with Crippen molar-refractivity contribution in [1.29, 1.82) is 0 Å². The summed E-state index contributed by atoms with van der Waals surface area (Å²) >= 11 is 1.27. The molecule has 178 valence electrons. The molecule has 1 aliphatic heterocycles. The Balaban J connectivity index is 1.33. The van der Waals surface area contributed by atoms with E-state index in [0.717, 1.165) is 17.7 Å². The van der Waals surface area contributed by atoms with Crippen molar-refractivity contribution in [2.75, 3.05) is 44.3 Å². The minimum atomic E-state index is -3.55. The average molecular weight is 497 g/mol. The van der Waals surface area contributed by atoms with Gasteiger partial charge in [-0.25, -0.2) is 13.4 Å². The van der Waals surface area contributed by atoms with Gasteiger partial charge in [0.05, 0.1) is 10.8 Å². The standard InChI is InChI=1S/C25H28N4O3S2/c1-28-13-15-29(16-14-28)34(31,32)22-11-12-25(26-18-22)33-19-24(30)27-23-10-6-5-9-21(23)17-20-7-3-2-4-8-20/h2-12,18H,13-17,19H2,1H3,(H,27,30). The molecule has 0 bridgehead atoms. The predicted octanol–water partition coefficient (Wildman–Crippen LogP) is 3.34. The first-order chi connectivity index (χ1) is 16.4. The second kappa shape index (κ2) is 11.1. The number of piperazine rings is 1. The first-order valence-electron chi connectivity index (χ1n) is 11.1. The fraction of sp³-hybridized carbons (Fsp3) is 0.280. The van der Waals surface area contributed by atoms with Gasteiger partial charge in [0.25, 0.3) is 0 Å². The van der Waals surface area contributed by atoms with Gasteiger partial charge in [-0.15, -0.1) is 0 Å². The van der Waals surface area contributed by atoms with E-state index in [2.05, 4.69) is 27.3 Å². The molecule has 0 atom stereocenters. The summed E-state index contributed by atoms with van der Waals surface area (Å²) in [5, 5.41) is 3.59. The summed E-state index contributed by atoms with van der Waals surface area (Å²) in [5.41, 5.74) is 3.01. The molecule has 7 nitrogen and oxygen atoms in total. The molecule has 0 aliphatic carbocycles. The van der Waals surface area contributed by atoms with E-state index in [1.54, 1.807) is 12.1 Å². The summed E-state index contributed by atoms with van der Waals surface area (Å²) in [4.78, 5) is 19.1. The Morgan fingerprint density at radius 2 is 1.68 bits per heavy atom. The van der Waals surface area contributed by atoms with Crippen molar-refractivity contribution in [3.8, 4) is 0 Å². The van der Waals surface area contributed by atoms with E-state index in [9.17, 15) is 13.2 Å². The summed E-state index contributed by atoms with van der Waals surface area (Å²) in [6.45, 7) is 2.37. The van der Waals surface area contributed by atoms with Crippen molar-refractivity contribution >= 4 is 33.4 Å². The molecule has 0 unspecified atom stereocenters. The lowest BCUT2D eigenvalue weighted by atomic mass is 10.0. The lowest BCUT2D eigenvalue weighted by Crippen LogP contribution is -2.47. The van der Waals surface area contributed by atoms with Gasteiger partial charge in [0, 0.05) is 38.1 Å². The molecular formula is C25H28N4O3S2. The van der Waals surface area contributed by atoms with E-state index in [0.29, 0.717) is 31.2 Å². The summed E-state index contributed by atoms with van der Waals surface area (Å²) < 4.78 is 27.2. The third-order valence-electron chi connectivity index (χ3n) is 5.69. The van der Waals surface area contributed by atoms with Crippen LogP contribution < -0.4 is 5.32 Å². The van der Waals surface area contributed by atoms with Crippen LogP contribution in [0.1, 0.15) is 11.1 Å². The van der Waals surface area contributed by atoms with Gasteiger partial charge in [-0.2, -0.15) is 4.31 Å². The van der Waals surface area contributed by atoms with Crippen LogP contribution in [0.3, 0.4) is 0 Å². The molecule has 1 aromatic heterocycles. The van der Waals surface area contributed by atoms with Crippen LogP contribution in [0.25, 0.3) is 0 Å². The Morgan fingerprint density at radius 1 is 0.971 bits per heavy atom. The third kappa shape index (κ3) is 6.24. The molecule has 2 heterocycles. The first kappa shape index (κ1) is 24.4. The number of carbonyl (C=O) groups is 1. The molecule has 1 N–H and O–H groups in total. The van der Waals surface area contributed by atoms with Crippen molar-refractivity contribution < 1.29 is 13.2 Å². The first-order valence-corrected chi connectivity index (χ1v) is 13.5. The fourth-order valence-electron chi connectivity index (χ4n) is 3.72. The maximum absolute atomic E-state index is 12.8. The molecule has 0 radical (unpaired) electrons. The summed E-state index contributed by atoms with van der Waals surface area (Å²) in [5.74, 6) is 0.0403. The third-order valence-corrected chi connectivity index (χ3v) is 8.52. The van der Waals surface area contributed by atoms with Gasteiger partial charge >= 0.3 is 0 Å². The second-order valence-corrected chi connectivity index (χ2v) is 11.1. The van der Waals surface area contributed by atoms with Crippen molar-refractivity contribution in [1.82, 2.24) is 14.2 Å². The highest BCUT2D eigenvalue weighted by atomic mass is 32.2. The number of aromatic nitrogens is 1. The lowest BCUT2D eigenvalue weighted by molar-refractivity contribution is -0.113. The summed E-state index contributed by atoms with van der Waals surface area (Å²) in [6, 6.07) is 21.1. The number of thioether (sulfide) groups is 1. The molecule has 0 saturated carbocycles. The molecular weight excluding hydrogens is 468 g/mol. The van der Waals surface area contributed by atoms with Crippen LogP contribution in [-0.2, 0) is 21.2 Å². The topological polar surface area (TPSA) is 82.6 Å². The largest absolute Gasteiger partial charge is 0.325 e. The van der Waals surface area contributed by atoms with Crippen LogP contribution in [0, 0.1) is 0 Å². The van der Waals surface area contributed by atoms with Gasteiger partial charge in [-0.1, -0.05) is 60.3 Å². The van der Waals surface area contributed by atoms with E-state index in [4.69, 9.17) is 0 Å². The Morgan fingerprint density at radius 3 is 2.38 bits per heavy atom. The Labute approximate surface area is 205 Å². The summed E-state index contributed by atoms with van der Waals surface area (Å²) in [7, 11) is -1.57. The molecule has 1 fully saturated rings. The number of likely N-dealkylation sites (N-methyl/N-ethyl adjacent to an activating group) is 1. The Bertz CT molecular complexity index is 1210. The van der Waals surface area contributed by atoms with Gasteiger partial charge in [-0.05, 0) is 42.8 Å². The smallest absolute Gasteiger partial charge is 0.244 e. The zero-order valence-corrected chi connectivity index (χ0v) is 20.7. The van der Waals surface area contributed by atoms with Crippen LogP contribution in [0.2, 0.25) is 0 Å². The number of para-hydroxylation sites is 1.